The molecule has 108 valence electrons. The minimum atomic E-state index is -0.514. The number of nitrogens with one attached hydrogen (secondary N) is 2. The molecule has 2 aromatic carbocycles. The van der Waals surface area contributed by atoms with Gasteiger partial charge >= 0.3 is 6.03 Å². The topological polar surface area (TPSA) is 41.1 Å². The molecular weight excluding hydrogens is 294 g/mol. The number of hydrogen-bond acceptors (Lipinski definition) is 2. The van der Waals surface area contributed by atoms with Crippen LogP contribution in [0.1, 0.15) is 24.0 Å². The van der Waals surface area contributed by atoms with Crippen molar-refractivity contribution >= 4 is 23.7 Å². The average Bonchev–Trinajstić information content (AvgIpc) is 2.47. The zero-order valence-corrected chi connectivity index (χ0v) is 11.9. The Bertz CT molecular complexity index is 721. The lowest BCUT2D eigenvalue weighted by molar-refractivity contribution is 0.257. The molecule has 0 saturated heterocycles. The molecule has 1 atom stereocenters. The minimum absolute atomic E-state index is 0.292. The fraction of sp³-hybridized carbons (Fsp3) is 0.133. The molecule has 1 aliphatic heterocycles. The summed E-state index contributed by atoms with van der Waals surface area (Å²) in [5.41, 5.74) is 1.09. The van der Waals surface area contributed by atoms with E-state index in [0.29, 0.717) is 21.7 Å². The van der Waals surface area contributed by atoms with Crippen LogP contribution >= 0.6 is 11.9 Å². The Hall–Kier alpha value is -2.08. The molecule has 3 rings (SSSR count). The van der Waals surface area contributed by atoms with Crippen molar-refractivity contribution in [2.24, 2.45) is 0 Å². The number of rotatable bonds is 2. The third kappa shape index (κ3) is 2.47. The first-order valence-corrected chi connectivity index (χ1v) is 7.20. The predicted octanol–water partition coefficient (Wildman–Crippen LogP) is 4.26. The number of anilines is 1. The van der Waals surface area contributed by atoms with Crippen LogP contribution in [0.4, 0.5) is 19.3 Å². The minimum Gasteiger partial charge on any atom is -0.306 e. The SMILES string of the molecule is CC(c1ccccc1F)c1c(F)ccc2c1NC(=O)NS2. The molecule has 6 heteroatoms. The number of urea groups is 1. The summed E-state index contributed by atoms with van der Waals surface area (Å²) in [4.78, 5) is 12.2. The van der Waals surface area contributed by atoms with Crippen LogP contribution in [0.25, 0.3) is 0 Å². The van der Waals surface area contributed by atoms with Crippen LogP contribution in [-0.4, -0.2) is 6.03 Å². The summed E-state index contributed by atoms with van der Waals surface area (Å²) < 4.78 is 30.8. The van der Waals surface area contributed by atoms with Crippen LogP contribution in [-0.2, 0) is 0 Å². The van der Waals surface area contributed by atoms with E-state index in [1.54, 1.807) is 31.2 Å². The molecule has 0 aliphatic carbocycles. The van der Waals surface area contributed by atoms with E-state index in [4.69, 9.17) is 0 Å². The Kier molecular flexibility index (Phi) is 3.55. The monoisotopic (exact) mass is 306 g/mol. The Morgan fingerprint density at radius 3 is 2.62 bits per heavy atom. The molecular formula is C15H12F2N2OS. The highest BCUT2D eigenvalue weighted by Gasteiger charge is 2.26. The van der Waals surface area contributed by atoms with Crippen LogP contribution in [0.2, 0.25) is 0 Å². The van der Waals surface area contributed by atoms with E-state index in [0.717, 1.165) is 11.9 Å². The fourth-order valence-corrected chi connectivity index (χ4v) is 3.09. The summed E-state index contributed by atoms with van der Waals surface area (Å²) in [5.74, 6) is -1.37. The van der Waals surface area contributed by atoms with Gasteiger partial charge in [-0.3, -0.25) is 4.72 Å². The second-order valence-corrected chi connectivity index (χ2v) is 5.58. The highest BCUT2D eigenvalue weighted by Crippen LogP contribution is 2.40. The Labute approximate surface area is 124 Å². The normalized spacial score (nSPS) is 14.9. The van der Waals surface area contributed by atoms with Crippen molar-refractivity contribution in [3.8, 4) is 0 Å². The summed E-state index contributed by atoms with van der Waals surface area (Å²) in [7, 11) is 0. The average molecular weight is 306 g/mol. The van der Waals surface area contributed by atoms with E-state index in [9.17, 15) is 13.6 Å². The molecule has 1 heterocycles. The van der Waals surface area contributed by atoms with Gasteiger partial charge in [0, 0.05) is 11.5 Å². The second kappa shape index (κ2) is 5.37. The van der Waals surface area contributed by atoms with Gasteiger partial charge in [0.25, 0.3) is 0 Å². The van der Waals surface area contributed by atoms with Crippen LogP contribution in [0.15, 0.2) is 41.3 Å². The van der Waals surface area contributed by atoms with Crippen LogP contribution in [0.3, 0.4) is 0 Å². The van der Waals surface area contributed by atoms with E-state index in [1.807, 2.05) is 0 Å². The maximum absolute atomic E-state index is 14.3. The van der Waals surface area contributed by atoms with Crippen molar-refractivity contribution in [1.82, 2.24) is 4.72 Å². The van der Waals surface area contributed by atoms with Crippen molar-refractivity contribution < 1.29 is 13.6 Å². The molecule has 1 unspecified atom stereocenters. The smallest absolute Gasteiger partial charge is 0.306 e. The van der Waals surface area contributed by atoms with Gasteiger partial charge in [-0.25, -0.2) is 13.6 Å². The van der Waals surface area contributed by atoms with Crippen molar-refractivity contribution in [3.63, 3.8) is 0 Å². The molecule has 0 saturated carbocycles. The maximum atomic E-state index is 14.3. The lowest BCUT2D eigenvalue weighted by atomic mass is 9.91. The fourth-order valence-electron chi connectivity index (χ4n) is 2.43. The van der Waals surface area contributed by atoms with Gasteiger partial charge in [0.1, 0.15) is 11.6 Å². The molecule has 0 radical (unpaired) electrons. The number of carbonyl (C=O) groups excluding carboxylic acids is 1. The number of hydrogen-bond donors (Lipinski definition) is 2. The number of benzene rings is 2. The van der Waals surface area contributed by atoms with Gasteiger partial charge in [-0.2, -0.15) is 0 Å². The zero-order valence-electron chi connectivity index (χ0n) is 11.1. The molecule has 0 fully saturated rings. The highest BCUT2D eigenvalue weighted by molar-refractivity contribution is 7.98. The van der Waals surface area contributed by atoms with Crippen LogP contribution < -0.4 is 10.0 Å². The van der Waals surface area contributed by atoms with E-state index >= 15 is 0 Å². The predicted molar refractivity (Wildman–Crippen MR) is 78.3 cm³/mol. The largest absolute Gasteiger partial charge is 0.329 e. The zero-order chi connectivity index (χ0) is 15.0. The van der Waals surface area contributed by atoms with E-state index in [-0.39, 0.29) is 0 Å². The summed E-state index contributed by atoms with van der Waals surface area (Å²) in [6.07, 6.45) is 0. The number of carbonyl (C=O) groups is 1. The van der Waals surface area contributed by atoms with Gasteiger partial charge in [0.2, 0.25) is 0 Å². The van der Waals surface area contributed by atoms with E-state index in [1.165, 1.54) is 12.1 Å². The molecule has 2 amide bonds. The van der Waals surface area contributed by atoms with Crippen molar-refractivity contribution in [3.05, 3.63) is 59.2 Å². The van der Waals surface area contributed by atoms with Crippen LogP contribution in [0, 0.1) is 11.6 Å². The number of halogens is 2. The van der Waals surface area contributed by atoms with Crippen molar-refractivity contribution in [2.75, 3.05) is 5.32 Å². The molecule has 3 nitrogen and oxygen atoms in total. The van der Waals surface area contributed by atoms with Gasteiger partial charge in [-0.05, 0) is 35.7 Å². The number of fused-ring (bicyclic) bond motifs is 1. The van der Waals surface area contributed by atoms with Crippen molar-refractivity contribution in [1.29, 1.82) is 0 Å². The third-order valence-electron chi connectivity index (χ3n) is 3.45. The van der Waals surface area contributed by atoms with Crippen molar-refractivity contribution in [2.45, 2.75) is 17.7 Å². The standard InChI is InChI=1S/C15H12F2N2OS/c1-8(9-4-2-3-5-10(9)16)13-11(17)6-7-12-14(13)18-15(20)19-21-12/h2-8H,1H3,(H2,18,19,20). The van der Waals surface area contributed by atoms with Gasteiger partial charge in [-0.1, -0.05) is 25.1 Å². The lowest BCUT2D eigenvalue weighted by Gasteiger charge is -2.24. The van der Waals surface area contributed by atoms with Gasteiger partial charge in [0.05, 0.1) is 10.6 Å². The second-order valence-electron chi connectivity index (χ2n) is 4.74. The lowest BCUT2D eigenvalue weighted by Crippen LogP contribution is -2.28. The Morgan fingerprint density at radius 1 is 1.10 bits per heavy atom. The van der Waals surface area contributed by atoms with Gasteiger partial charge in [0.15, 0.2) is 0 Å². The molecule has 21 heavy (non-hydrogen) atoms. The van der Waals surface area contributed by atoms with E-state index < -0.39 is 23.6 Å². The summed E-state index contributed by atoms with van der Waals surface area (Å²) in [6.45, 7) is 1.72. The summed E-state index contributed by atoms with van der Waals surface area (Å²) in [6, 6.07) is 8.75. The molecule has 2 N–H and O–H groups in total. The Morgan fingerprint density at radius 2 is 1.86 bits per heavy atom. The van der Waals surface area contributed by atoms with Crippen LogP contribution in [0.5, 0.6) is 0 Å². The Balaban J connectivity index is 2.14. The first kappa shape index (κ1) is 13.9. The third-order valence-corrected chi connectivity index (χ3v) is 4.30. The molecule has 0 bridgehead atoms. The quantitative estimate of drug-likeness (QED) is 0.814. The van der Waals surface area contributed by atoms with Gasteiger partial charge in [-0.15, -0.1) is 0 Å². The summed E-state index contributed by atoms with van der Waals surface area (Å²) >= 11 is 1.11. The highest BCUT2D eigenvalue weighted by atomic mass is 32.2. The van der Waals surface area contributed by atoms with Gasteiger partial charge < -0.3 is 5.32 Å². The first-order valence-electron chi connectivity index (χ1n) is 6.38. The number of amides is 2. The summed E-state index contributed by atoms with van der Waals surface area (Å²) in [5, 5.41) is 2.61. The molecule has 0 spiro atoms. The molecule has 2 aromatic rings. The van der Waals surface area contributed by atoms with E-state index in [2.05, 4.69) is 10.0 Å². The maximum Gasteiger partial charge on any atom is 0.329 e. The first-order chi connectivity index (χ1) is 10.1. The molecule has 0 aromatic heterocycles. The molecule has 1 aliphatic rings.